The van der Waals surface area contributed by atoms with E-state index in [4.69, 9.17) is 0 Å². The van der Waals surface area contributed by atoms with Crippen LogP contribution in [0.3, 0.4) is 0 Å². The zero-order valence-electron chi connectivity index (χ0n) is 9.07. The smallest absolute Gasteiger partial charge is 0.123 e. The van der Waals surface area contributed by atoms with Gasteiger partial charge in [-0.3, -0.25) is 0 Å². The van der Waals surface area contributed by atoms with Crippen molar-refractivity contribution in [1.82, 2.24) is 4.98 Å². The van der Waals surface area contributed by atoms with Gasteiger partial charge in [0.1, 0.15) is 10.8 Å². The summed E-state index contributed by atoms with van der Waals surface area (Å²) >= 11 is 1.44. The normalized spacial score (nSPS) is 12.8. The van der Waals surface area contributed by atoms with Crippen LogP contribution >= 0.6 is 11.3 Å². The van der Waals surface area contributed by atoms with Crippen LogP contribution < -0.4 is 0 Å². The van der Waals surface area contributed by atoms with E-state index < -0.39 is 6.10 Å². The summed E-state index contributed by atoms with van der Waals surface area (Å²) < 4.78 is 12.8. The fourth-order valence-electron chi connectivity index (χ4n) is 1.51. The molecule has 0 unspecified atom stereocenters. The quantitative estimate of drug-likeness (QED) is 0.869. The monoisotopic (exact) mass is 237 g/mol. The van der Waals surface area contributed by atoms with E-state index in [1.807, 2.05) is 6.92 Å². The summed E-state index contributed by atoms with van der Waals surface area (Å²) in [6, 6.07) is 6.21. The van der Waals surface area contributed by atoms with Gasteiger partial charge in [-0.2, -0.15) is 0 Å². The van der Waals surface area contributed by atoms with Crippen molar-refractivity contribution in [1.29, 1.82) is 0 Å². The summed E-state index contributed by atoms with van der Waals surface area (Å²) in [5.74, 6) is -0.257. The number of halogens is 1. The third-order valence-corrected chi connectivity index (χ3v) is 3.68. The third-order valence-electron chi connectivity index (χ3n) is 2.30. The molecule has 0 aliphatic rings. The Kier molecular flexibility index (Phi) is 3.03. The predicted molar refractivity (Wildman–Crippen MR) is 62.9 cm³/mol. The average molecular weight is 237 g/mol. The summed E-state index contributed by atoms with van der Waals surface area (Å²) in [6.07, 6.45) is -0.508. The molecule has 1 aromatic heterocycles. The number of thiazole rings is 1. The molecule has 0 amide bonds. The van der Waals surface area contributed by atoms with Gasteiger partial charge in [-0.15, -0.1) is 11.3 Å². The summed E-state index contributed by atoms with van der Waals surface area (Å²) in [5, 5.41) is 10.3. The van der Waals surface area contributed by atoms with E-state index in [9.17, 15) is 9.50 Å². The van der Waals surface area contributed by atoms with Crippen LogP contribution in [-0.2, 0) is 0 Å². The zero-order chi connectivity index (χ0) is 11.7. The lowest BCUT2D eigenvalue weighted by molar-refractivity contribution is 0.202. The molecule has 0 radical (unpaired) electrons. The van der Waals surface area contributed by atoms with E-state index in [0.717, 1.165) is 21.1 Å². The molecule has 1 N–H and O–H groups in total. The second-order valence-electron chi connectivity index (χ2n) is 3.65. The van der Waals surface area contributed by atoms with Crippen molar-refractivity contribution in [2.45, 2.75) is 20.0 Å². The van der Waals surface area contributed by atoms with Crippen LogP contribution in [-0.4, -0.2) is 10.1 Å². The minimum absolute atomic E-state index is 0.257. The van der Waals surface area contributed by atoms with E-state index in [-0.39, 0.29) is 5.82 Å². The molecule has 16 heavy (non-hydrogen) atoms. The Morgan fingerprint density at radius 2 is 1.94 bits per heavy atom. The lowest BCUT2D eigenvalue weighted by atomic mass is 10.2. The molecule has 0 aliphatic carbocycles. The second kappa shape index (κ2) is 4.31. The number of nitrogens with zero attached hydrogens (tertiary/aromatic N) is 1. The molecule has 4 heteroatoms. The number of aryl methyl sites for hydroxylation is 1. The van der Waals surface area contributed by atoms with Gasteiger partial charge >= 0.3 is 0 Å². The first-order valence-electron chi connectivity index (χ1n) is 4.99. The molecule has 1 heterocycles. The largest absolute Gasteiger partial charge is 0.388 e. The Labute approximate surface area is 97.4 Å². The van der Waals surface area contributed by atoms with Crippen LogP contribution in [0.1, 0.15) is 23.6 Å². The highest BCUT2D eigenvalue weighted by Crippen LogP contribution is 2.31. The van der Waals surface area contributed by atoms with Crippen LogP contribution in [0.15, 0.2) is 24.3 Å². The van der Waals surface area contributed by atoms with Crippen LogP contribution in [0.25, 0.3) is 10.6 Å². The second-order valence-corrected chi connectivity index (χ2v) is 4.68. The van der Waals surface area contributed by atoms with Gasteiger partial charge in [-0.05, 0) is 38.1 Å². The van der Waals surface area contributed by atoms with Gasteiger partial charge < -0.3 is 5.11 Å². The molecule has 1 aromatic carbocycles. The Morgan fingerprint density at radius 1 is 1.31 bits per heavy atom. The first-order chi connectivity index (χ1) is 7.58. The Bertz CT molecular complexity index is 490. The number of aromatic nitrogens is 1. The van der Waals surface area contributed by atoms with Gasteiger partial charge in [-0.25, -0.2) is 9.37 Å². The van der Waals surface area contributed by atoms with Crippen molar-refractivity contribution in [3.8, 4) is 10.6 Å². The summed E-state index contributed by atoms with van der Waals surface area (Å²) in [5.41, 5.74) is 1.71. The third kappa shape index (κ3) is 2.13. The molecule has 84 valence electrons. The predicted octanol–water partition coefficient (Wildman–Crippen LogP) is 3.31. The van der Waals surface area contributed by atoms with Crippen molar-refractivity contribution in [2.24, 2.45) is 0 Å². The molecule has 0 saturated carbocycles. The Hall–Kier alpha value is -1.26. The van der Waals surface area contributed by atoms with Crippen molar-refractivity contribution < 1.29 is 9.50 Å². The highest BCUT2D eigenvalue weighted by atomic mass is 32.1. The molecule has 0 saturated heterocycles. The summed E-state index contributed by atoms with van der Waals surface area (Å²) in [4.78, 5) is 5.23. The van der Waals surface area contributed by atoms with Crippen LogP contribution in [0, 0.1) is 12.7 Å². The summed E-state index contributed by atoms with van der Waals surface area (Å²) in [6.45, 7) is 3.58. The van der Waals surface area contributed by atoms with E-state index in [1.165, 1.54) is 23.5 Å². The molecule has 1 atom stereocenters. The molecule has 0 spiro atoms. The van der Waals surface area contributed by atoms with Gasteiger partial charge in [0.15, 0.2) is 0 Å². The highest BCUT2D eigenvalue weighted by molar-refractivity contribution is 7.15. The molecule has 2 rings (SSSR count). The van der Waals surface area contributed by atoms with Crippen molar-refractivity contribution in [3.63, 3.8) is 0 Å². The minimum atomic E-state index is -0.508. The van der Waals surface area contributed by atoms with E-state index in [0.29, 0.717) is 0 Å². The average Bonchev–Trinajstić information content (AvgIpc) is 2.61. The molecule has 0 fully saturated rings. The lowest BCUT2D eigenvalue weighted by Gasteiger charge is -1.98. The maximum Gasteiger partial charge on any atom is 0.123 e. The Balaban J connectivity index is 2.41. The number of benzene rings is 1. The highest BCUT2D eigenvalue weighted by Gasteiger charge is 2.12. The van der Waals surface area contributed by atoms with E-state index in [2.05, 4.69) is 4.98 Å². The molecule has 2 aromatic rings. The summed E-state index contributed by atoms with van der Waals surface area (Å²) in [7, 11) is 0. The zero-order valence-corrected chi connectivity index (χ0v) is 9.88. The first-order valence-corrected chi connectivity index (χ1v) is 5.81. The number of aliphatic hydroxyl groups excluding tert-OH is 1. The van der Waals surface area contributed by atoms with Crippen molar-refractivity contribution in [3.05, 3.63) is 40.7 Å². The SMILES string of the molecule is Cc1nc(-c2ccc(F)cc2)sc1[C@@H](C)O. The van der Waals surface area contributed by atoms with Crippen LogP contribution in [0.5, 0.6) is 0 Å². The van der Waals surface area contributed by atoms with Gasteiger partial charge in [0.25, 0.3) is 0 Å². The maximum atomic E-state index is 12.8. The van der Waals surface area contributed by atoms with Gasteiger partial charge in [0.05, 0.1) is 16.7 Å². The number of hydrogen-bond acceptors (Lipinski definition) is 3. The van der Waals surface area contributed by atoms with Gasteiger partial charge in [-0.1, -0.05) is 0 Å². The van der Waals surface area contributed by atoms with Gasteiger partial charge in [0, 0.05) is 5.56 Å². The van der Waals surface area contributed by atoms with Crippen molar-refractivity contribution >= 4 is 11.3 Å². The molecule has 0 aliphatic heterocycles. The standard InChI is InChI=1S/C12H12FNOS/c1-7-11(8(2)15)16-12(14-7)9-3-5-10(13)6-4-9/h3-6,8,15H,1-2H3/t8-/m1/s1. The first kappa shape index (κ1) is 11.2. The minimum Gasteiger partial charge on any atom is -0.388 e. The van der Waals surface area contributed by atoms with Crippen LogP contribution in [0.4, 0.5) is 4.39 Å². The van der Waals surface area contributed by atoms with Gasteiger partial charge in [0.2, 0.25) is 0 Å². The maximum absolute atomic E-state index is 12.8. The molecule has 0 bridgehead atoms. The molecular formula is C12H12FNOS. The van der Waals surface area contributed by atoms with Crippen LogP contribution in [0.2, 0.25) is 0 Å². The fraction of sp³-hybridized carbons (Fsp3) is 0.250. The number of hydrogen-bond donors (Lipinski definition) is 1. The number of rotatable bonds is 2. The fourth-order valence-corrected chi connectivity index (χ4v) is 2.52. The van der Waals surface area contributed by atoms with Crippen molar-refractivity contribution in [2.75, 3.05) is 0 Å². The lowest BCUT2D eigenvalue weighted by Crippen LogP contribution is -1.88. The molecular weight excluding hydrogens is 225 g/mol. The molecule has 2 nitrogen and oxygen atoms in total. The number of aliphatic hydroxyl groups is 1. The topological polar surface area (TPSA) is 33.1 Å². The Morgan fingerprint density at radius 3 is 2.44 bits per heavy atom. The van der Waals surface area contributed by atoms with E-state index in [1.54, 1.807) is 19.1 Å². The van der Waals surface area contributed by atoms with E-state index >= 15 is 0 Å².